The number of H-pyrrole nitrogens is 1. The number of piperidine rings is 1. The molecule has 3 aromatic rings. The van der Waals surface area contributed by atoms with Gasteiger partial charge in [0.25, 0.3) is 10.0 Å². The van der Waals surface area contributed by atoms with E-state index in [9.17, 15) is 13.2 Å². The van der Waals surface area contributed by atoms with Crippen molar-refractivity contribution in [3.8, 4) is 11.1 Å². The van der Waals surface area contributed by atoms with Crippen molar-refractivity contribution in [2.45, 2.75) is 42.4 Å². The largest absolute Gasteiger partial charge is 0.363 e. The number of ether oxygens (including phenoxy) is 1. The number of carbonyl (C=O) groups excluding carboxylic acids is 1. The van der Waals surface area contributed by atoms with Gasteiger partial charge in [-0.25, -0.2) is 13.4 Å². The standard InChI is InChI=1S/C24H26N4O4S/c29-23-15-32-24(16-28(23)20-4-5-20)8-11-27(12-9-24)33(30,31)22-6-3-19(14-26-22)18-2-1-17-7-10-25-21(17)13-18/h1-3,6-7,10,13-14,20,25H,4-5,8-9,11-12,15-16H2. The lowest BCUT2D eigenvalue weighted by Gasteiger charge is -2.46. The molecule has 3 aliphatic rings. The average molecular weight is 467 g/mol. The van der Waals surface area contributed by atoms with Gasteiger partial charge >= 0.3 is 0 Å². The molecule has 1 N–H and O–H groups in total. The van der Waals surface area contributed by atoms with Crippen LogP contribution in [-0.4, -0.2) is 71.4 Å². The quantitative estimate of drug-likeness (QED) is 0.638. The Balaban J connectivity index is 1.16. The van der Waals surface area contributed by atoms with Crippen LogP contribution in [0.25, 0.3) is 22.0 Å². The van der Waals surface area contributed by atoms with E-state index in [1.807, 2.05) is 35.4 Å². The van der Waals surface area contributed by atoms with Crippen LogP contribution < -0.4 is 0 Å². The Morgan fingerprint density at radius 3 is 2.58 bits per heavy atom. The second kappa shape index (κ2) is 7.65. The third-order valence-corrected chi connectivity index (χ3v) is 8.95. The molecule has 0 unspecified atom stereocenters. The number of nitrogens with one attached hydrogen (secondary N) is 1. The number of hydrogen-bond donors (Lipinski definition) is 1. The molecule has 172 valence electrons. The van der Waals surface area contributed by atoms with E-state index in [0.717, 1.165) is 34.9 Å². The van der Waals surface area contributed by atoms with Crippen LogP contribution in [0.1, 0.15) is 25.7 Å². The van der Waals surface area contributed by atoms with Crippen molar-refractivity contribution < 1.29 is 17.9 Å². The van der Waals surface area contributed by atoms with E-state index in [1.165, 1.54) is 4.31 Å². The van der Waals surface area contributed by atoms with Gasteiger partial charge in [0.1, 0.15) is 6.61 Å². The number of benzene rings is 1. The first-order valence-electron chi connectivity index (χ1n) is 11.4. The summed E-state index contributed by atoms with van der Waals surface area (Å²) in [5.74, 6) is 0.0536. The van der Waals surface area contributed by atoms with E-state index >= 15 is 0 Å². The highest BCUT2D eigenvalue weighted by atomic mass is 32.2. The van der Waals surface area contributed by atoms with Crippen LogP contribution in [0.15, 0.2) is 53.8 Å². The Hall–Kier alpha value is -2.75. The van der Waals surface area contributed by atoms with Crippen LogP contribution in [0, 0.1) is 0 Å². The van der Waals surface area contributed by atoms with Crippen molar-refractivity contribution in [3.63, 3.8) is 0 Å². The normalized spacial score (nSPS) is 21.7. The van der Waals surface area contributed by atoms with E-state index in [1.54, 1.807) is 18.3 Å². The topological polar surface area (TPSA) is 95.6 Å². The molecular formula is C24H26N4O4S. The lowest BCUT2D eigenvalue weighted by atomic mass is 9.90. The second-order valence-corrected chi connectivity index (χ2v) is 11.2. The summed E-state index contributed by atoms with van der Waals surface area (Å²) < 4.78 is 33.9. The molecule has 0 bridgehead atoms. The Bertz CT molecular complexity index is 1310. The van der Waals surface area contributed by atoms with Crippen molar-refractivity contribution >= 4 is 26.8 Å². The molecule has 3 fully saturated rings. The summed E-state index contributed by atoms with van der Waals surface area (Å²) in [6, 6.07) is 11.8. The number of aromatic nitrogens is 2. The molecule has 6 rings (SSSR count). The number of nitrogens with zero attached hydrogens (tertiary/aromatic N) is 3. The van der Waals surface area contributed by atoms with Crippen molar-refractivity contribution in [1.82, 2.24) is 19.2 Å². The van der Waals surface area contributed by atoms with Crippen LogP contribution >= 0.6 is 0 Å². The Morgan fingerprint density at radius 2 is 1.85 bits per heavy atom. The molecule has 1 spiro atoms. The molecule has 2 aliphatic heterocycles. The number of carbonyl (C=O) groups is 1. The number of rotatable bonds is 4. The van der Waals surface area contributed by atoms with Crippen molar-refractivity contribution in [2.24, 2.45) is 0 Å². The molecule has 0 radical (unpaired) electrons. The van der Waals surface area contributed by atoms with Gasteiger partial charge in [-0.15, -0.1) is 0 Å². The summed E-state index contributed by atoms with van der Waals surface area (Å²) in [4.78, 5) is 21.6. The zero-order valence-corrected chi connectivity index (χ0v) is 19.1. The Morgan fingerprint density at radius 1 is 1.06 bits per heavy atom. The van der Waals surface area contributed by atoms with Gasteiger partial charge in [0.2, 0.25) is 5.91 Å². The minimum absolute atomic E-state index is 0.0536. The highest BCUT2D eigenvalue weighted by Gasteiger charge is 2.47. The molecule has 1 aromatic carbocycles. The summed E-state index contributed by atoms with van der Waals surface area (Å²) in [6.07, 6.45) is 6.79. The van der Waals surface area contributed by atoms with Gasteiger partial charge in [-0.2, -0.15) is 4.31 Å². The summed E-state index contributed by atoms with van der Waals surface area (Å²) >= 11 is 0. The minimum Gasteiger partial charge on any atom is -0.363 e. The molecule has 0 atom stereocenters. The van der Waals surface area contributed by atoms with Crippen LogP contribution in [0.4, 0.5) is 0 Å². The zero-order chi connectivity index (χ0) is 22.6. The highest BCUT2D eigenvalue weighted by molar-refractivity contribution is 7.89. The fourth-order valence-corrected chi connectivity index (χ4v) is 6.31. The first-order valence-corrected chi connectivity index (χ1v) is 12.8. The minimum atomic E-state index is -3.69. The van der Waals surface area contributed by atoms with E-state index in [0.29, 0.717) is 38.5 Å². The zero-order valence-electron chi connectivity index (χ0n) is 18.2. The van der Waals surface area contributed by atoms with Crippen LogP contribution in [0.2, 0.25) is 0 Å². The van der Waals surface area contributed by atoms with Gasteiger partial charge in [0.05, 0.1) is 12.1 Å². The molecule has 4 heterocycles. The van der Waals surface area contributed by atoms with E-state index < -0.39 is 15.6 Å². The molecule has 9 heteroatoms. The maximum Gasteiger partial charge on any atom is 0.260 e. The average Bonchev–Trinajstić information content (AvgIpc) is 3.57. The maximum absolute atomic E-state index is 13.2. The molecule has 8 nitrogen and oxygen atoms in total. The third-order valence-electron chi connectivity index (χ3n) is 7.13. The van der Waals surface area contributed by atoms with Crippen molar-refractivity contribution in [1.29, 1.82) is 0 Å². The first-order chi connectivity index (χ1) is 15.9. The van der Waals surface area contributed by atoms with Crippen LogP contribution in [-0.2, 0) is 19.6 Å². The lowest BCUT2D eigenvalue weighted by molar-refractivity contribution is -0.170. The maximum atomic E-state index is 13.2. The molecular weight excluding hydrogens is 440 g/mol. The molecule has 2 saturated heterocycles. The summed E-state index contributed by atoms with van der Waals surface area (Å²) in [5, 5.41) is 1.18. The molecule has 1 aliphatic carbocycles. The number of pyridine rings is 1. The number of morpholine rings is 1. The van der Waals surface area contributed by atoms with Crippen molar-refractivity contribution in [2.75, 3.05) is 26.2 Å². The van der Waals surface area contributed by atoms with E-state index in [4.69, 9.17) is 4.74 Å². The number of aromatic amines is 1. The highest BCUT2D eigenvalue weighted by Crippen LogP contribution is 2.37. The Kier molecular flexibility index (Phi) is 4.83. The molecule has 1 amide bonds. The van der Waals surface area contributed by atoms with E-state index in [-0.39, 0.29) is 17.5 Å². The second-order valence-electron chi connectivity index (χ2n) is 9.29. The third kappa shape index (κ3) is 3.74. The van der Waals surface area contributed by atoms with E-state index in [2.05, 4.69) is 9.97 Å². The fourth-order valence-electron chi connectivity index (χ4n) is 4.96. The SMILES string of the molecule is O=C1COC2(CCN(S(=O)(=O)c3ccc(-c4ccc5cc[nH]c5c4)cn3)CC2)CN1C1CC1. The molecule has 2 aromatic heterocycles. The number of hydrogen-bond acceptors (Lipinski definition) is 5. The lowest BCUT2D eigenvalue weighted by Crippen LogP contribution is -2.59. The Labute approximate surface area is 192 Å². The smallest absolute Gasteiger partial charge is 0.260 e. The monoisotopic (exact) mass is 466 g/mol. The van der Waals surface area contributed by atoms with Gasteiger partial charge in [-0.3, -0.25) is 4.79 Å². The predicted octanol–water partition coefficient (Wildman–Crippen LogP) is 2.77. The van der Waals surface area contributed by atoms with Crippen LogP contribution in [0.5, 0.6) is 0 Å². The van der Waals surface area contributed by atoms with Crippen molar-refractivity contribution in [3.05, 3.63) is 48.8 Å². The number of amides is 1. The molecule has 1 saturated carbocycles. The van der Waals surface area contributed by atoms with Gasteiger partial charge in [-0.05, 0) is 60.9 Å². The number of sulfonamides is 1. The van der Waals surface area contributed by atoms with Gasteiger partial charge in [-0.1, -0.05) is 12.1 Å². The van der Waals surface area contributed by atoms with Gasteiger partial charge in [0.15, 0.2) is 5.03 Å². The first kappa shape index (κ1) is 20.8. The fraction of sp³-hybridized carbons (Fsp3) is 0.417. The van der Waals surface area contributed by atoms with Gasteiger partial charge in [0, 0.05) is 42.6 Å². The number of fused-ring (bicyclic) bond motifs is 1. The summed E-state index contributed by atoms with van der Waals surface area (Å²) in [6.45, 7) is 1.40. The predicted molar refractivity (Wildman–Crippen MR) is 123 cm³/mol. The summed E-state index contributed by atoms with van der Waals surface area (Å²) in [7, 11) is -3.69. The van der Waals surface area contributed by atoms with Gasteiger partial charge < -0.3 is 14.6 Å². The van der Waals surface area contributed by atoms with Crippen LogP contribution in [0.3, 0.4) is 0 Å². The molecule has 33 heavy (non-hydrogen) atoms. The summed E-state index contributed by atoms with van der Waals surface area (Å²) in [5.41, 5.74) is 2.43.